The molecule has 0 radical (unpaired) electrons. The van der Waals surface area contributed by atoms with E-state index in [1.807, 2.05) is 0 Å². The van der Waals surface area contributed by atoms with E-state index in [4.69, 9.17) is 0 Å². The maximum Gasteiger partial charge on any atom is 0.175 e. The molecule has 0 aromatic heterocycles. The first-order valence-electron chi connectivity index (χ1n) is 15.8. The van der Waals surface area contributed by atoms with Crippen molar-refractivity contribution >= 4 is 33.7 Å². The van der Waals surface area contributed by atoms with Gasteiger partial charge in [-0.2, -0.15) is 0 Å². The van der Waals surface area contributed by atoms with E-state index >= 15 is 0 Å². The first-order chi connectivity index (χ1) is 22.3. The van der Waals surface area contributed by atoms with Crippen LogP contribution in [0.5, 0.6) is 0 Å². The van der Waals surface area contributed by atoms with E-state index < -0.39 is 18.1 Å². The highest BCUT2D eigenvalue weighted by Gasteiger charge is 2.45. The first-order valence-corrected chi connectivity index (χ1v) is 19.5. The van der Waals surface area contributed by atoms with Gasteiger partial charge in [-0.05, 0) is 76.4 Å². The Morgan fingerprint density at radius 2 is 0.867 bits per heavy atom. The maximum absolute atomic E-state index is 2.68. The maximum atomic E-state index is 2.60. The molecule has 0 aliphatic heterocycles. The van der Waals surface area contributed by atoms with Crippen LogP contribution in [0, 0.1) is 5.92 Å². The number of hydrogen-bond donors (Lipinski definition) is 0. The fraction of sp³-hybridized carbons (Fsp3) is 0.0698. The molecule has 45 heavy (non-hydrogen) atoms. The molecule has 6 aromatic carbocycles. The van der Waals surface area contributed by atoms with Gasteiger partial charge in [-0.3, -0.25) is 0 Å². The molecule has 2 heteroatoms. The molecule has 0 heterocycles. The van der Waals surface area contributed by atoms with Crippen LogP contribution in [0.3, 0.4) is 0 Å². The summed E-state index contributed by atoms with van der Waals surface area (Å²) in [6, 6.07) is 66.0. The van der Waals surface area contributed by atoms with Crippen LogP contribution in [0.15, 0.2) is 219 Å². The average molecular weight is 615 g/mol. The summed E-state index contributed by atoms with van der Waals surface area (Å²) in [7, 11) is -4.49. The molecule has 0 bridgehead atoms. The summed E-state index contributed by atoms with van der Waals surface area (Å²) in [4.78, 5) is 5.41. The predicted molar refractivity (Wildman–Crippen MR) is 195 cm³/mol. The topological polar surface area (TPSA) is 0 Å². The Balaban J connectivity index is 1.61. The predicted octanol–water partition coefficient (Wildman–Crippen LogP) is 9.56. The van der Waals surface area contributed by atoms with Gasteiger partial charge in [-0.1, -0.05) is 158 Å². The third-order valence-electron chi connectivity index (χ3n) is 9.19. The van der Waals surface area contributed by atoms with Gasteiger partial charge in [0.1, 0.15) is 0 Å². The van der Waals surface area contributed by atoms with Gasteiger partial charge in [0.25, 0.3) is 0 Å². The zero-order valence-corrected chi connectivity index (χ0v) is 27.5. The van der Waals surface area contributed by atoms with E-state index in [0.29, 0.717) is 5.92 Å². The van der Waals surface area contributed by atoms with Crippen molar-refractivity contribution in [3.63, 3.8) is 0 Å². The standard InChI is InChI=1S/C43H38SSi/c1-35-20-17-18-33-43(35)45(40-28-13-5-14-29-40,41-30-15-6-16-31-41)42-32-19-27-39(34-42)44(36-21-7-2-8-22-36,37-23-9-3-10-24-37)38-25-11-4-12-26-38/h2-19,21-35H,20H2,1H3. The summed E-state index contributed by atoms with van der Waals surface area (Å²) < 4.78 is 0. The molecule has 6 aromatic rings. The molecule has 0 nitrogen and oxygen atoms in total. The fourth-order valence-electron chi connectivity index (χ4n) is 7.23. The van der Waals surface area contributed by atoms with Crippen LogP contribution in [0.2, 0.25) is 0 Å². The minimum Gasteiger partial charge on any atom is -0.133 e. The largest absolute Gasteiger partial charge is 0.175 e. The Kier molecular flexibility index (Phi) is 8.26. The Morgan fingerprint density at radius 3 is 1.31 bits per heavy atom. The summed E-state index contributed by atoms with van der Waals surface area (Å²) in [6.07, 6.45) is 8.13. The van der Waals surface area contributed by atoms with Crippen LogP contribution in [0.1, 0.15) is 13.3 Å². The monoisotopic (exact) mass is 614 g/mol. The Labute approximate surface area is 270 Å². The van der Waals surface area contributed by atoms with Crippen molar-refractivity contribution in [3.05, 3.63) is 199 Å². The summed E-state index contributed by atoms with van der Waals surface area (Å²) in [6.45, 7) is 2.42. The lowest BCUT2D eigenvalue weighted by Gasteiger charge is -2.44. The molecule has 0 fully saturated rings. The lowest BCUT2D eigenvalue weighted by molar-refractivity contribution is 0.716. The smallest absolute Gasteiger partial charge is 0.133 e. The van der Waals surface area contributed by atoms with Crippen LogP contribution in [-0.4, -0.2) is 8.07 Å². The first kappa shape index (κ1) is 29.1. The van der Waals surface area contributed by atoms with Gasteiger partial charge in [0.15, 0.2) is 8.07 Å². The SMILES string of the molecule is CC1CC=CC=C1[Si](c1ccccc1)(c1ccccc1)c1cccc(S(c2ccccc2)(c2ccccc2)c2ccccc2)c1. The van der Waals surface area contributed by atoms with E-state index in [9.17, 15) is 0 Å². The van der Waals surface area contributed by atoms with E-state index in [1.54, 1.807) is 5.20 Å². The number of hydrogen-bond acceptors (Lipinski definition) is 0. The molecular weight excluding hydrogens is 577 g/mol. The van der Waals surface area contributed by atoms with Gasteiger partial charge in [0.2, 0.25) is 0 Å². The molecule has 0 saturated carbocycles. The lowest BCUT2D eigenvalue weighted by atomic mass is 10.0. The fourth-order valence-corrected chi connectivity index (χ4v) is 16.6. The van der Waals surface area contributed by atoms with Gasteiger partial charge in [0.05, 0.1) is 0 Å². The quantitative estimate of drug-likeness (QED) is 0.118. The Hall–Kier alpha value is -4.63. The summed E-state index contributed by atoms with van der Waals surface area (Å²) in [5, 5.41) is 5.87. The lowest BCUT2D eigenvalue weighted by Crippen LogP contribution is -2.69. The van der Waals surface area contributed by atoms with Crippen molar-refractivity contribution in [2.24, 2.45) is 5.92 Å². The van der Waals surface area contributed by atoms with Crippen LogP contribution in [0.25, 0.3) is 0 Å². The Bertz CT molecular complexity index is 1780. The van der Waals surface area contributed by atoms with E-state index in [0.717, 1.165) is 6.42 Å². The van der Waals surface area contributed by atoms with Crippen LogP contribution < -0.4 is 15.6 Å². The molecule has 1 aliphatic carbocycles. The number of rotatable bonds is 8. The van der Waals surface area contributed by atoms with Gasteiger partial charge in [-0.25, -0.2) is 0 Å². The highest BCUT2D eigenvalue weighted by atomic mass is 32.3. The molecule has 1 aliphatic rings. The molecule has 220 valence electrons. The van der Waals surface area contributed by atoms with E-state index in [-0.39, 0.29) is 0 Å². The van der Waals surface area contributed by atoms with E-state index in [2.05, 4.69) is 201 Å². The van der Waals surface area contributed by atoms with E-state index in [1.165, 1.54) is 35.1 Å². The third kappa shape index (κ3) is 5.05. The number of allylic oxidation sites excluding steroid dienone is 4. The minimum absolute atomic E-state index is 0.445. The number of benzene rings is 6. The third-order valence-corrected chi connectivity index (χ3v) is 18.2. The zero-order valence-electron chi connectivity index (χ0n) is 25.7. The van der Waals surface area contributed by atoms with Crippen LogP contribution in [-0.2, 0) is 0 Å². The van der Waals surface area contributed by atoms with Gasteiger partial charge >= 0.3 is 0 Å². The van der Waals surface area contributed by atoms with Crippen molar-refractivity contribution in [3.8, 4) is 0 Å². The second-order valence-corrected chi connectivity index (χ2v) is 18.7. The summed E-state index contributed by atoms with van der Waals surface area (Å²) >= 11 is 0. The molecule has 1 unspecified atom stereocenters. The second-order valence-electron chi connectivity index (χ2n) is 11.7. The second kappa shape index (κ2) is 12.8. The van der Waals surface area contributed by atoms with Crippen LogP contribution >= 0.6 is 10.0 Å². The normalized spacial score (nSPS) is 15.3. The summed E-state index contributed by atoms with van der Waals surface area (Å²) in [5.74, 6) is 0.445. The minimum atomic E-state index is -2.68. The van der Waals surface area contributed by atoms with Crippen molar-refractivity contribution in [2.75, 3.05) is 0 Å². The van der Waals surface area contributed by atoms with Crippen molar-refractivity contribution in [1.82, 2.24) is 0 Å². The van der Waals surface area contributed by atoms with Crippen LogP contribution in [0.4, 0.5) is 0 Å². The highest BCUT2D eigenvalue weighted by molar-refractivity contribution is 8.34. The molecule has 0 amide bonds. The molecule has 0 N–H and O–H groups in total. The van der Waals surface area contributed by atoms with Crippen molar-refractivity contribution in [2.45, 2.75) is 32.9 Å². The van der Waals surface area contributed by atoms with Crippen molar-refractivity contribution in [1.29, 1.82) is 0 Å². The Morgan fingerprint density at radius 1 is 0.467 bits per heavy atom. The molecular formula is C43H38SSi. The van der Waals surface area contributed by atoms with Crippen molar-refractivity contribution < 1.29 is 0 Å². The average Bonchev–Trinajstić information content (AvgIpc) is 3.12. The molecule has 1 atom stereocenters. The summed E-state index contributed by atoms with van der Waals surface area (Å²) in [5.41, 5.74) is 0. The zero-order chi connectivity index (χ0) is 30.5. The van der Waals surface area contributed by atoms with Gasteiger partial charge < -0.3 is 0 Å². The molecule has 0 spiro atoms. The highest BCUT2D eigenvalue weighted by Crippen LogP contribution is 2.73. The molecule has 0 saturated heterocycles. The van der Waals surface area contributed by atoms with Gasteiger partial charge in [0, 0.05) is 19.6 Å². The van der Waals surface area contributed by atoms with Gasteiger partial charge in [-0.15, -0.1) is 10.0 Å². The molecule has 7 rings (SSSR count).